The second kappa shape index (κ2) is 15.7. The van der Waals surface area contributed by atoms with Crippen molar-refractivity contribution in [2.45, 2.75) is 46.3 Å². The Bertz CT molecular complexity index is 1850. The number of rotatable bonds is 8. The van der Waals surface area contributed by atoms with E-state index in [-0.39, 0.29) is 11.9 Å². The van der Waals surface area contributed by atoms with E-state index < -0.39 is 11.6 Å². The number of nitrogens with zero attached hydrogens (tertiary/aromatic N) is 1. The van der Waals surface area contributed by atoms with Gasteiger partial charge in [0.15, 0.2) is 11.4 Å². The van der Waals surface area contributed by atoms with Crippen molar-refractivity contribution in [3.63, 3.8) is 0 Å². The number of anilines is 1. The van der Waals surface area contributed by atoms with Crippen LogP contribution in [0.15, 0.2) is 115 Å². The van der Waals surface area contributed by atoms with Crippen LogP contribution >= 0.6 is 23.8 Å². The van der Waals surface area contributed by atoms with E-state index in [0.717, 1.165) is 16.8 Å². The molecule has 0 amide bonds. The van der Waals surface area contributed by atoms with Crippen molar-refractivity contribution < 1.29 is 23.8 Å². The molecule has 0 atom stereocenters. The van der Waals surface area contributed by atoms with E-state index in [0.29, 0.717) is 27.1 Å². The van der Waals surface area contributed by atoms with Gasteiger partial charge in [-0.15, -0.1) is 0 Å². The van der Waals surface area contributed by atoms with Gasteiger partial charge < -0.3 is 19.1 Å². The fraction of sp³-hybridized carbons (Fsp3) is 0.205. The van der Waals surface area contributed by atoms with Crippen LogP contribution in [-0.4, -0.2) is 35.7 Å². The van der Waals surface area contributed by atoms with Gasteiger partial charge in [-0.05, 0) is 136 Å². The minimum absolute atomic E-state index is 0.110. The summed E-state index contributed by atoms with van der Waals surface area (Å²) in [5.74, 6) is 0.687. The van der Waals surface area contributed by atoms with E-state index in [9.17, 15) is 9.59 Å². The van der Waals surface area contributed by atoms with Gasteiger partial charge in [0.1, 0.15) is 11.5 Å². The highest BCUT2D eigenvalue weighted by Gasteiger charge is 2.32. The van der Waals surface area contributed by atoms with Crippen LogP contribution in [0.1, 0.15) is 49.2 Å². The van der Waals surface area contributed by atoms with Gasteiger partial charge in [-0.25, -0.2) is 4.79 Å². The van der Waals surface area contributed by atoms with Crippen LogP contribution in [0.4, 0.5) is 5.69 Å². The molecule has 5 aromatic carbocycles. The number of carbonyl (C=O) groups is 2. The first-order valence-electron chi connectivity index (χ1n) is 15.1. The zero-order chi connectivity index (χ0) is 34.1. The zero-order valence-corrected chi connectivity index (χ0v) is 28.9. The molecule has 5 aromatic rings. The molecule has 0 fully saturated rings. The van der Waals surface area contributed by atoms with Crippen molar-refractivity contribution >= 4 is 57.2 Å². The van der Waals surface area contributed by atoms with E-state index in [1.54, 1.807) is 76.2 Å². The molecule has 0 heterocycles. The van der Waals surface area contributed by atoms with Gasteiger partial charge in [-0.3, -0.25) is 4.79 Å². The van der Waals surface area contributed by atoms with Gasteiger partial charge in [0.25, 0.3) is 5.17 Å². The van der Waals surface area contributed by atoms with E-state index >= 15 is 0 Å². The number of hydrogen-bond acceptors (Lipinski definition) is 6. The summed E-state index contributed by atoms with van der Waals surface area (Å²) in [4.78, 5) is 26.4. The number of ketones is 1. The topological polar surface area (TPSA) is 65.1 Å². The lowest BCUT2D eigenvalue weighted by atomic mass is 10.0. The number of ether oxygens (including phenoxy) is 3. The molecule has 0 aliphatic heterocycles. The number of esters is 1. The first-order valence-corrected chi connectivity index (χ1v) is 15.9. The normalized spacial score (nSPS) is 10.9. The van der Waals surface area contributed by atoms with Gasteiger partial charge in [0.2, 0.25) is 0 Å². The third-order valence-corrected chi connectivity index (χ3v) is 7.63. The summed E-state index contributed by atoms with van der Waals surface area (Å²) >= 11 is 11.2. The quantitative estimate of drug-likeness (QED) is 0.0927. The third kappa shape index (κ3) is 9.88. The standard InChI is InChI=1S/C20H21ClO4.C19H17NOS/c1-13(2)24-19(23)20(3,4)25-17-11-7-15(8-12-17)18(22)14-5-9-16(21)10-6-14;1-14-6-5-9-17(12-14)20(2)19(22)21-18-11-10-15-7-3-4-8-16(15)13-18/h5-13H,1-4H3;3-13H,1-2H3. The van der Waals surface area contributed by atoms with Crippen molar-refractivity contribution in [1.82, 2.24) is 0 Å². The number of hydrogen-bond donors (Lipinski definition) is 0. The number of aryl methyl sites for hydroxylation is 1. The molecule has 0 N–H and O–H groups in total. The van der Waals surface area contributed by atoms with E-state index in [1.807, 2.05) is 54.4 Å². The molecule has 0 aromatic heterocycles. The molecule has 47 heavy (non-hydrogen) atoms. The first-order chi connectivity index (χ1) is 22.3. The fourth-order valence-corrected chi connectivity index (χ4v) is 4.80. The lowest BCUT2D eigenvalue weighted by Gasteiger charge is -2.25. The molecule has 0 aliphatic rings. The van der Waals surface area contributed by atoms with Crippen LogP contribution in [-0.2, 0) is 9.53 Å². The molecule has 0 aliphatic carbocycles. The number of thiocarbonyl (C=S) groups is 1. The molecule has 0 unspecified atom stereocenters. The Balaban J connectivity index is 0.000000214. The predicted molar refractivity (Wildman–Crippen MR) is 194 cm³/mol. The summed E-state index contributed by atoms with van der Waals surface area (Å²) in [7, 11) is 1.91. The zero-order valence-electron chi connectivity index (χ0n) is 27.3. The summed E-state index contributed by atoms with van der Waals surface area (Å²) in [6, 6.07) is 35.7. The molecule has 0 saturated carbocycles. The first kappa shape index (κ1) is 35.1. The van der Waals surface area contributed by atoms with Gasteiger partial charge in [-0.2, -0.15) is 0 Å². The maximum Gasteiger partial charge on any atom is 0.350 e. The molecule has 0 bridgehead atoms. The van der Waals surface area contributed by atoms with Crippen LogP contribution in [0.2, 0.25) is 5.02 Å². The second-order valence-corrected chi connectivity index (χ2v) is 12.5. The van der Waals surface area contributed by atoms with E-state index in [1.165, 1.54) is 10.9 Å². The second-order valence-electron chi connectivity index (χ2n) is 11.7. The summed E-state index contributed by atoms with van der Waals surface area (Å²) in [6.07, 6.45) is -0.213. The maximum absolute atomic E-state index is 12.4. The van der Waals surface area contributed by atoms with Crippen molar-refractivity contribution in [2.75, 3.05) is 11.9 Å². The lowest BCUT2D eigenvalue weighted by Crippen LogP contribution is -2.40. The molecule has 242 valence electrons. The van der Waals surface area contributed by atoms with Gasteiger partial charge in [0.05, 0.1) is 6.10 Å². The average Bonchev–Trinajstić information content (AvgIpc) is 3.04. The monoisotopic (exact) mass is 667 g/mol. The summed E-state index contributed by atoms with van der Waals surface area (Å²) < 4.78 is 16.7. The molecule has 0 spiro atoms. The number of fused-ring (bicyclic) bond motifs is 1. The van der Waals surface area contributed by atoms with Crippen molar-refractivity contribution in [1.29, 1.82) is 0 Å². The molecule has 6 nitrogen and oxygen atoms in total. The Morgan fingerprint density at radius 3 is 1.98 bits per heavy atom. The maximum atomic E-state index is 12.4. The fourth-order valence-electron chi connectivity index (χ4n) is 4.48. The Morgan fingerprint density at radius 1 is 0.766 bits per heavy atom. The molecule has 5 rings (SSSR count). The molecular formula is C39H38ClNO5S. The number of benzene rings is 5. The Morgan fingerprint density at radius 2 is 1.36 bits per heavy atom. The highest BCUT2D eigenvalue weighted by Crippen LogP contribution is 2.24. The minimum Gasteiger partial charge on any atom is -0.476 e. The summed E-state index contributed by atoms with van der Waals surface area (Å²) in [6.45, 7) is 8.91. The number of halogens is 1. The summed E-state index contributed by atoms with van der Waals surface area (Å²) in [5.41, 5.74) is 2.17. The van der Waals surface area contributed by atoms with Gasteiger partial charge in [0, 0.05) is 28.9 Å². The highest BCUT2D eigenvalue weighted by molar-refractivity contribution is 7.80. The highest BCUT2D eigenvalue weighted by atomic mass is 35.5. The van der Waals surface area contributed by atoms with Gasteiger partial charge in [-0.1, -0.05) is 54.1 Å². The van der Waals surface area contributed by atoms with Crippen LogP contribution in [0, 0.1) is 6.92 Å². The van der Waals surface area contributed by atoms with E-state index in [2.05, 4.69) is 31.2 Å². The van der Waals surface area contributed by atoms with Crippen LogP contribution in [0.3, 0.4) is 0 Å². The largest absolute Gasteiger partial charge is 0.476 e. The smallest absolute Gasteiger partial charge is 0.350 e. The Kier molecular flexibility index (Phi) is 11.8. The summed E-state index contributed by atoms with van der Waals surface area (Å²) in [5, 5.41) is 3.34. The molecule has 0 saturated heterocycles. The average molecular weight is 668 g/mol. The molecular weight excluding hydrogens is 630 g/mol. The SMILES string of the molecule is CC(C)OC(=O)C(C)(C)Oc1ccc(C(=O)c2ccc(Cl)cc2)cc1.Cc1cccc(N(C)C(=S)Oc2ccc3ccccc3c2)c1. The predicted octanol–water partition coefficient (Wildman–Crippen LogP) is 9.63. The minimum atomic E-state index is -1.12. The molecule has 0 radical (unpaired) electrons. The lowest BCUT2D eigenvalue weighted by molar-refractivity contribution is -0.163. The number of carbonyl (C=O) groups excluding carboxylic acids is 2. The van der Waals surface area contributed by atoms with Gasteiger partial charge >= 0.3 is 5.97 Å². The third-order valence-electron chi connectivity index (χ3n) is 7.02. The van der Waals surface area contributed by atoms with E-state index in [4.69, 9.17) is 38.0 Å². The van der Waals surface area contributed by atoms with Crippen LogP contribution in [0.5, 0.6) is 11.5 Å². The van der Waals surface area contributed by atoms with Crippen LogP contribution in [0.25, 0.3) is 10.8 Å². The van der Waals surface area contributed by atoms with Crippen molar-refractivity contribution in [3.8, 4) is 11.5 Å². The van der Waals surface area contributed by atoms with Crippen LogP contribution < -0.4 is 14.4 Å². The Hall–Kier alpha value is -4.72. The molecule has 8 heteroatoms. The Labute approximate surface area is 286 Å². The van der Waals surface area contributed by atoms with Crippen molar-refractivity contribution in [2.24, 2.45) is 0 Å². The van der Waals surface area contributed by atoms with Crippen molar-refractivity contribution in [3.05, 3.63) is 137 Å².